The lowest BCUT2D eigenvalue weighted by Crippen LogP contribution is -2.37. The van der Waals surface area contributed by atoms with Crippen LogP contribution in [0.4, 0.5) is 0 Å². The highest BCUT2D eigenvalue weighted by Gasteiger charge is 2.54. The SMILES string of the molecule is CC(C#N)[C@H]1OC2(CCCCC2)C(C)C1C#N. The van der Waals surface area contributed by atoms with Crippen LogP contribution in [0, 0.1) is 40.4 Å². The number of nitriles is 2. The summed E-state index contributed by atoms with van der Waals surface area (Å²) in [5, 5.41) is 18.4. The average Bonchev–Trinajstić information content (AvgIpc) is 2.63. The van der Waals surface area contributed by atoms with Crippen LogP contribution in [0.2, 0.25) is 0 Å². The lowest BCUT2D eigenvalue weighted by molar-refractivity contribution is -0.0877. The molecule has 3 nitrogen and oxygen atoms in total. The van der Waals surface area contributed by atoms with Crippen molar-refractivity contribution >= 4 is 0 Å². The molecule has 0 aromatic heterocycles. The number of rotatable bonds is 1. The van der Waals surface area contributed by atoms with E-state index in [0.717, 1.165) is 12.8 Å². The van der Waals surface area contributed by atoms with E-state index in [4.69, 9.17) is 10.00 Å². The quantitative estimate of drug-likeness (QED) is 0.698. The lowest BCUT2D eigenvalue weighted by Gasteiger charge is -2.37. The monoisotopic (exact) mass is 232 g/mol. The average molecular weight is 232 g/mol. The van der Waals surface area contributed by atoms with Crippen LogP contribution in [-0.2, 0) is 4.74 Å². The molecule has 1 aliphatic heterocycles. The van der Waals surface area contributed by atoms with E-state index < -0.39 is 0 Å². The summed E-state index contributed by atoms with van der Waals surface area (Å²) in [5.41, 5.74) is -0.117. The van der Waals surface area contributed by atoms with Gasteiger partial charge in [-0.2, -0.15) is 10.5 Å². The Morgan fingerprint density at radius 1 is 1.24 bits per heavy atom. The second kappa shape index (κ2) is 4.67. The minimum Gasteiger partial charge on any atom is -0.369 e. The first-order chi connectivity index (χ1) is 8.14. The Hall–Kier alpha value is -1.06. The molecular weight excluding hydrogens is 212 g/mol. The molecule has 17 heavy (non-hydrogen) atoms. The lowest BCUT2D eigenvalue weighted by atomic mass is 9.72. The molecule has 0 N–H and O–H groups in total. The first-order valence-corrected chi connectivity index (χ1v) is 6.61. The smallest absolute Gasteiger partial charge is 0.0899 e. The van der Waals surface area contributed by atoms with Crippen LogP contribution in [0.5, 0.6) is 0 Å². The van der Waals surface area contributed by atoms with E-state index in [-0.39, 0.29) is 29.5 Å². The molecule has 1 saturated heterocycles. The maximum atomic E-state index is 9.33. The summed E-state index contributed by atoms with van der Waals surface area (Å²) in [4.78, 5) is 0. The first-order valence-electron chi connectivity index (χ1n) is 6.61. The summed E-state index contributed by atoms with van der Waals surface area (Å²) in [6.45, 7) is 3.99. The molecular formula is C14H20N2O. The molecule has 1 saturated carbocycles. The molecule has 1 aliphatic carbocycles. The molecule has 92 valence electrons. The van der Waals surface area contributed by atoms with Gasteiger partial charge in [-0.25, -0.2) is 0 Å². The normalized spacial score (nSPS) is 37.3. The van der Waals surface area contributed by atoms with Crippen molar-refractivity contribution in [3.63, 3.8) is 0 Å². The van der Waals surface area contributed by atoms with Gasteiger partial charge in [0.1, 0.15) is 0 Å². The van der Waals surface area contributed by atoms with E-state index in [0.29, 0.717) is 0 Å². The van der Waals surface area contributed by atoms with Gasteiger partial charge in [-0.1, -0.05) is 26.2 Å². The van der Waals surface area contributed by atoms with Crippen molar-refractivity contribution in [1.82, 2.24) is 0 Å². The number of ether oxygens (including phenoxy) is 1. The summed E-state index contributed by atoms with van der Waals surface area (Å²) in [6.07, 6.45) is 5.57. The van der Waals surface area contributed by atoms with E-state index >= 15 is 0 Å². The van der Waals surface area contributed by atoms with Gasteiger partial charge in [0, 0.05) is 5.92 Å². The van der Waals surface area contributed by atoms with E-state index in [2.05, 4.69) is 19.1 Å². The van der Waals surface area contributed by atoms with Crippen LogP contribution in [0.1, 0.15) is 46.0 Å². The van der Waals surface area contributed by atoms with E-state index in [1.807, 2.05) is 6.92 Å². The molecule has 2 aliphatic rings. The fraction of sp³-hybridized carbons (Fsp3) is 0.857. The highest BCUT2D eigenvalue weighted by Crippen LogP contribution is 2.50. The van der Waals surface area contributed by atoms with Gasteiger partial charge in [-0.05, 0) is 19.8 Å². The van der Waals surface area contributed by atoms with Crippen LogP contribution < -0.4 is 0 Å². The zero-order valence-electron chi connectivity index (χ0n) is 10.6. The minimum absolute atomic E-state index is 0.117. The molecule has 3 unspecified atom stereocenters. The summed E-state index contributed by atoms with van der Waals surface area (Å²) in [5.74, 6) is -0.0558. The van der Waals surface area contributed by atoms with Crippen molar-refractivity contribution in [2.24, 2.45) is 17.8 Å². The van der Waals surface area contributed by atoms with Crippen molar-refractivity contribution in [2.75, 3.05) is 0 Å². The Morgan fingerprint density at radius 2 is 1.88 bits per heavy atom. The van der Waals surface area contributed by atoms with Crippen molar-refractivity contribution < 1.29 is 4.74 Å². The second-order valence-corrected chi connectivity index (χ2v) is 5.57. The van der Waals surface area contributed by atoms with Gasteiger partial charge in [0.2, 0.25) is 0 Å². The van der Waals surface area contributed by atoms with E-state index in [1.165, 1.54) is 19.3 Å². The van der Waals surface area contributed by atoms with Gasteiger partial charge in [0.15, 0.2) is 0 Å². The Bertz CT molecular complexity index is 359. The van der Waals surface area contributed by atoms with Gasteiger partial charge in [0.05, 0.1) is 35.7 Å². The zero-order valence-corrected chi connectivity index (χ0v) is 10.6. The van der Waals surface area contributed by atoms with Crippen LogP contribution in [-0.4, -0.2) is 11.7 Å². The molecule has 0 amide bonds. The molecule has 1 heterocycles. The van der Waals surface area contributed by atoms with Gasteiger partial charge >= 0.3 is 0 Å². The van der Waals surface area contributed by atoms with Crippen molar-refractivity contribution in [1.29, 1.82) is 10.5 Å². The highest BCUT2D eigenvalue weighted by atomic mass is 16.5. The minimum atomic E-state index is -0.196. The van der Waals surface area contributed by atoms with Crippen molar-refractivity contribution in [2.45, 2.75) is 57.7 Å². The third-order valence-electron chi connectivity index (χ3n) is 4.64. The standard InChI is InChI=1S/C14H20N2O/c1-10(8-15)13-12(9-16)11(2)14(17-13)6-4-3-5-7-14/h10-13H,3-7H2,1-2H3/t10?,11?,12?,13-/m1/s1. The molecule has 0 aromatic carbocycles. The molecule has 0 bridgehead atoms. The van der Waals surface area contributed by atoms with Gasteiger partial charge in [-0.15, -0.1) is 0 Å². The van der Waals surface area contributed by atoms with Crippen LogP contribution in [0.15, 0.2) is 0 Å². The summed E-state index contributed by atoms with van der Waals surface area (Å²) in [7, 11) is 0. The molecule has 0 radical (unpaired) electrons. The molecule has 4 atom stereocenters. The fourth-order valence-corrected chi connectivity index (χ4v) is 3.46. The predicted octanol–water partition coefficient (Wildman–Crippen LogP) is 3.02. The summed E-state index contributed by atoms with van der Waals surface area (Å²) in [6, 6.07) is 4.61. The van der Waals surface area contributed by atoms with Gasteiger partial charge < -0.3 is 4.74 Å². The molecule has 3 heteroatoms. The van der Waals surface area contributed by atoms with Crippen LogP contribution in [0.25, 0.3) is 0 Å². The predicted molar refractivity (Wildman–Crippen MR) is 63.7 cm³/mol. The largest absolute Gasteiger partial charge is 0.369 e. The fourth-order valence-electron chi connectivity index (χ4n) is 3.46. The van der Waals surface area contributed by atoms with Crippen LogP contribution >= 0.6 is 0 Å². The highest BCUT2D eigenvalue weighted by molar-refractivity contribution is 5.10. The second-order valence-electron chi connectivity index (χ2n) is 5.57. The number of hydrogen-bond acceptors (Lipinski definition) is 3. The van der Waals surface area contributed by atoms with E-state index in [9.17, 15) is 5.26 Å². The van der Waals surface area contributed by atoms with E-state index in [1.54, 1.807) is 0 Å². The molecule has 0 aromatic rings. The van der Waals surface area contributed by atoms with Crippen LogP contribution in [0.3, 0.4) is 0 Å². The van der Waals surface area contributed by atoms with Crippen molar-refractivity contribution in [3.8, 4) is 12.1 Å². The third kappa shape index (κ3) is 1.94. The Morgan fingerprint density at radius 3 is 2.41 bits per heavy atom. The first kappa shape index (κ1) is 12.4. The third-order valence-corrected chi connectivity index (χ3v) is 4.64. The molecule has 2 rings (SSSR count). The summed E-state index contributed by atoms with van der Waals surface area (Å²) < 4.78 is 6.21. The molecule has 2 fully saturated rings. The van der Waals surface area contributed by atoms with Gasteiger partial charge in [0.25, 0.3) is 0 Å². The summed E-state index contributed by atoms with van der Waals surface area (Å²) >= 11 is 0. The van der Waals surface area contributed by atoms with Crippen molar-refractivity contribution in [3.05, 3.63) is 0 Å². The van der Waals surface area contributed by atoms with Gasteiger partial charge in [-0.3, -0.25) is 0 Å². The Labute approximate surface area is 103 Å². The Balaban J connectivity index is 2.23. The Kier molecular flexibility index (Phi) is 3.40. The number of hydrogen-bond donors (Lipinski definition) is 0. The number of nitrogens with zero attached hydrogens (tertiary/aromatic N) is 2. The zero-order chi connectivity index (χ0) is 12.5. The molecule has 1 spiro atoms. The maximum absolute atomic E-state index is 9.33. The topological polar surface area (TPSA) is 56.8 Å². The maximum Gasteiger partial charge on any atom is 0.0899 e.